The second kappa shape index (κ2) is 25.6. The molecule has 1 heterocycles. The number of ether oxygens (including phenoxy) is 1. The van der Waals surface area contributed by atoms with Crippen LogP contribution in [-0.2, 0) is 22.6 Å². The minimum atomic E-state index is -0.0885. The molecule has 2 aromatic carbocycles. The lowest BCUT2D eigenvalue weighted by molar-refractivity contribution is -0.125. The molecule has 0 spiro atoms. The quantitative estimate of drug-likeness (QED) is 0.175. The molecule has 2 unspecified atom stereocenters. The smallest absolute Gasteiger partial charge is 0.210 e. The van der Waals surface area contributed by atoms with Crippen LogP contribution in [0.15, 0.2) is 48.5 Å². The molecular weight excluding hydrogens is 554 g/mol. The van der Waals surface area contributed by atoms with Gasteiger partial charge in [-0.05, 0) is 67.2 Å². The first kappa shape index (κ1) is 42.4. The Balaban J connectivity index is 0.000000656. The van der Waals surface area contributed by atoms with Gasteiger partial charge in [-0.3, -0.25) is 9.59 Å². The Bertz CT molecular complexity index is 1020. The Morgan fingerprint density at radius 3 is 2.11 bits per heavy atom. The average molecular weight is 624 g/mol. The summed E-state index contributed by atoms with van der Waals surface area (Å²) in [5, 5.41) is 0. The van der Waals surface area contributed by atoms with Crippen molar-refractivity contribution in [3.05, 3.63) is 65.2 Å². The molecule has 4 nitrogen and oxygen atoms in total. The number of Topliss-reactive ketones (excluding diaryl/α,β-unsaturated/α-hetero) is 1. The zero-order valence-electron chi connectivity index (χ0n) is 30.9. The van der Waals surface area contributed by atoms with Gasteiger partial charge < -0.3 is 9.64 Å². The van der Waals surface area contributed by atoms with E-state index in [9.17, 15) is 9.59 Å². The van der Waals surface area contributed by atoms with E-state index in [1.807, 2.05) is 49.1 Å². The SMILES string of the molecule is CCC.CCCC(C)(C)C(C)=O.CCCCC(C)CC(CC)c1ccc2c(c1)CCO2.CCCCN(C=O)Cc1ccccc1. The van der Waals surface area contributed by atoms with E-state index in [4.69, 9.17) is 4.74 Å². The summed E-state index contributed by atoms with van der Waals surface area (Å²) in [6.45, 7) is 23.6. The van der Waals surface area contributed by atoms with Gasteiger partial charge in [-0.25, -0.2) is 0 Å². The topological polar surface area (TPSA) is 46.6 Å². The average Bonchev–Trinajstić information content (AvgIpc) is 3.50. The summed E-state index contributed by atoms with van der Waals surface area (Å²) in [7, 11) is 0. The molecule has 256 valence electrons. The summed E-state index contributed by atoms with van der Waals surface area (Å²) in [5.74, 6) is 2.97. The summed E-state index contributed by atoms with van der Waals surface area (Å²) < 4.78 is 5.60. The zero-order valence-corrected chi connectivity index (χ0v) is 30.9. The lowest BCUT2D eigenvalue weighted by Crippen LogP contribution is -2.22. The van der Waals surface area contributed by atoms with Crippen LogP contribution in [0.2, 0.25) is 0 Å². The number of amides is 1. The molecule has 0 saturated carbocycles. The number of nitrogens with zero attached hydrogens (tertiary/aromatic N) is 1. The third-order valence-corrected chi connectivity index (χ3v) is 8.42. The van der Waals surface area contributed by atoms with E-state index in [1.165, 1.54) is 55.2 Å². The molecule has 0 fully saturated rings. The number of unbranched alkanes of at least 4 members (excludes halogenated alkanes) is 2. The lowest BCUT2D eigenvalue weighted by atomic mass is 9.84. The molecule has 0 radical (unpaired) electrons. The Labute approximate surface area is 278 Å². The summed E-state index contributed by atoms with van der Waals surface area (Å²) in [6, 6.07) is 16.9. The molecule has 0 aromatic heterocycles. The molecule has 0 bridgehead atoms. The van der Waals surface area contributed by atoms with Crippen LogP contribution >= 0.6 is 0 Å². The highest BCUT2D eigenvalue weighted by atomic mass is 16.5. The van der Waals surface area contributed by atoms with Gasteiger partial charge in [0.1, 0.15) is 11.5 Å². The van der Waals surface area contributed by atoms with E-state index in [-0.39, 0.29) is 5.41 Å². The Morgan fingerprint density at radius 2 is 1.60 bits per heavy atom. The van der Waals surface area contributed by atoms with Crippen LogP contribution in [0.3, 0.4) is 0 Å². The normalized spacial score (nSPS) is 12.8. The third kappa shape index (κ3) is 18.8. The van der Waals surface area contributed by atoms with Crippen LogP contribution in [0, 0.1) is 11.3 Å². The zero-order chi connectivity index (χ0) is 34.1. The molecule has 45 heavy (non-hydrogen) atoms. The number of fused-ring (bicyclic) bond motifs is 1. The van der Waals surface area contributed by atoms with Crippen LogP contribution in [0.25, 0.3) is 0 Å². The molecule has 2 atom stereocenters. The Hall–Kier alpha value is -2.62. The first-order valence-electron chi connectivity index (χ1n) is 18.0. The maximum atomic E-state index is 10.9. The molecule has 0 saturated heterocycles. The number of benzene rings is 2. The summed E-state index contributed by atoms with van der Waals surface area (Å²) >= 11 is 0. The van der Waals surface area contributed by atoms with Gasteiger partial charge in [-0.1, -0.05) is 143 Å². The molecular formula is C41H69NO3. The largest absolute Gasteiger partial charge is 0.493 e. The van der Waals surface area contributed by atoms with Crippen LogP contribution in [-0.4, -0.2) is 30.2 Å². The molecule has 1 amide bonds. The van der Waals surface area contributed by atoms with Gasteiger partial charge in [0.15, 0.2) is 0 Å². The maximum absolute atomic E-state index is 10.9. The minimum absolute atomic E-state index is 0.0885. The van der Waals surface area contributed by atoms with Gasteiger partial charge in [-0.15, -0.1) is 0 Å². The fourth-order valence-corrected chi connectivity index (χ4v) is 5.30. The van der Waals surface area contributed by atoms with E-state index in [0.717, 1.165) is 75.8 Å². The fourth-order valence-electron chi connectivity index (χ4n) is 5.30. The predicted octanol–water partition coefficient (Wildman–Crippen LogP) is 11.6. The number of carbonyl (C=O) groups is 2. The van der Waals surface area contributed by atoms with Gasteiger partial charge in [0.2, 0.25) is 6.41 Å². The standard InChI is InChI=1S/C18H28O.C12H17NO.C8H16O.C3H8/c1-4-6-7-14(3)12-15(5-2)16-8-9-18-17(13-16)10-11-19-18;1-2-3-9-13(11-14)10-12-7-5-4-6-8-12;1-5-6-8(3,4)7(2)9;1-3-2/h8-9,13-15H,4-7,10-12H2,1-3H3;4-8,11H,2-3,9-10H2,1H3;5-6H2,1-4H3;3H2,1-2H3. The van der Waals surface area contributed by atoms with Crippen molar-refractivity contribution < 1.29 is 14.3 Å². The van der Waals surface area contributed by atoms with Crippen LogP contribution in [0.5, 0.6) is 5.75 Å². The van der Waals surface area contributed by atoms with Gasteiger partial charge >= 0.3 is 0 Å². The van der Waals surface area contributed by atoms with Crippen LogP contribution in [0.1, 0.15) is 156 Å². The number of rotatable bonds is 16. The van der Waals surface area contributed by atoms with Crippen LogP contribution in [0.4, 0.5) is 0 Å². The number of hydrogen-bond acceptors (Lipinski definition) is 3. The van der Waals surface area contributed by atoms with Crippen molar-refractivity contribution >= 4 is 12.2 Å². The highest BCUT2D eigenvalue weighted by molar-refractivity contribution is 5.81. The van der Waals surface area contributed by atoms with E-state index in [1.54, 1.807) is 6.92 Å². The highest BCUT2D eigenvalue weighted by Gasteiger charge is 2.21. The van der Waals surface area contributed by atoms with E-state index in [2.05, 4.69) is 66.7 Å². The van der Waals surface area contributed by atoms with Gasteiger partial charge in [-0.2, -0.15) is 0 Å². The number of hydrogen-bond donors (Lipinski definition) is 0. The highest BCUT2D eigenvalue weighted by Crippen LogP contribution is 2.34. The van der Waals surface area contributed by atoms with Crippen molar-refractivity contribution in [2.24, 2.45) is 11.3 Å². The molecule has 1 aliphatic heterocycles. The number of ketones is 1. The minimum Gasteiger partial charge on any atom is -0.493 e. The summed E-state index contributed by atoms with van der Waals surface area (Å²) in [6.07, 6.45) is 14.2. The van der Waals surface area contributed by atoms with Gasteiger partial charge in [0.05, 0.1) is 6.61 Å². The van der Waals surface area contributed by atoms with Crippen molar-refractivity contribution in [1.29, 1.82) is 0 Å². The van der Waals surface area contributed by atoms with Crippen LogP contribution < -0.4 is 4.74 Å². The maximum Gasteiger partial charge on any atom is 0.210 e. The predicted molar refractivity (Wildman–Crippen MR) is 195 cm³/mol. The first-order valence-corrected chi connectivity index (χ1v) is 18.0. The lowest BCUT2D eigenvalue weighted by Gasteiger charge is -2.20. The second-order valence-electron chi connectivity index (χ2n) is 13.4. The van der Waals surface area contributed by atoms with E-state index < -0.39 is 0 Å². The summed E-state index contributed by atoms with van der Waals surface area (Å²) in [5.41, 5.74) is 4.04. The Kier molecular flexibility index (Phi) is 24.1. The molecule has 0 aliphatic carbocycles. The van der Waals surface area contributed by atoms with Crippen molar-refractivity contribution in [1.82, 2.24) is 4.90 Å². The van der Waals surface area contributed by atoms with Crippen molar-refractivity contribution in [3.8, 4) is 5.75 Å². The van der Waals surface area contributed by atoms with Crippen molar-refractivity contribution in [3.63, 3.8) is 0 Å². The molecule has 0 N–H and O–H groups in total. The molecule has 2 aromatic rings. The molecule has 1 aliphatic rings. The van der Waals surface area contributed by atoms with Crippen molar-refractivity contribution in [2.45, 2.75) is 152 Å². The van der Waals surface area contributed by atoms with E-state index in [0.29, 0.717) is 5.78 Å². The van der Waals surface area contributed by atoms with Gasteiger partial charge in [0, 0.05) is 24.9 Å². The third-order valence-electron chi connectivity index (χ3n) is 8.42. The summed E-state index contributed by atoms with van der Waals surface area (Å²) in [4.78, 5) is 23.4. The van der Waals surface area contributed by atoms with E-state index >= 15 is 0 Å². The molecule has 3 rings (SSSR count). The van der Waals surface area contributed by atoms with Gasteiger partial charge in [0.25, 0.3) is 0 Å². The number of carbonyl (C=O) groups excluding carboxylic acids is 2. The fraction of sp³-hybridized carbons (Fsp3) is 0.659. The Morgan fingerprint density at radius 1 is 0.956 bits per heavy atom. The second-order valence-corrected chi connectivity index (χ2v) is 13.4. The first-order chi connectivity index (χ1) is 21.5. The monoisotopic (exact) mass is 624 g/mol. The molecule has 4 heteroatoms. The van der Waals surface area contributed by atoms with Crippen molar-refractivity contribution in [2.75, 3.05) is 13.2 Å².